The lowest BCUT2D eigenvalue weighted by Gasteiger charge is -2.23. The number of hydrogen-bond donors (Lipinski definition) is 0. The monoisotopic (exact) mass is 273 g/mol. The molecule has 1 aromatic rings. The normalized spacial score (nSPS) is 14.2. The Morgan fingerprint density at radius 1 is 1.17 bits per heavy atom. The van der Waals surface area contributed by atoms with E-state index >= 15 is 0 Å². The lowest BCUT2D eigenvalue weighted by Crippen LogP contribution is -2.32. The maximum absolute atomic E-state index is 12.8. The molecule has 1 unspecified atom stereocenters. The highest BCUT2D eigenvalue weighted by atomic mass is 32.2. The second kappa shape index (κ2) is 5.80. The number of benzene rings is 1. The lowest BCUT2D eigenvalue weighted by molar-refractivity contribution is 0.332. The largest absolute Gasteiger partial charge is 0.242 e. The Hall–Kier alpha value is -0.940. The van der Waals surface area contributed by atoms with Gasteiger partial charge in [-0.1, -0.05) is 20.8 Å². The van der Waals surface area contributed by atoms with Gasteiger partial charge in [0, 0.05) is 13.6 Å². The molecule has 0 heterocycles. The van der Waals surface area contributed by atoms with Gasteiger partial charge >= 0.3 is 0 Å². The molecular weight excluding hydrogens is 253 g/mol. The van der Waals surface area contributed by atoms with Crippen LogP contribution in [0.4, 0.5) is 4.39 Å². The van der Waals surface area contributed by atoms with Crippen molar-refractivity contribution < 1.29 is 12.8 Å². The van der Waals surface area contributed by atoms with Crippen LogP contribution < -0.4 is 0 Å². The molecule has 0 saturated heterocycles. The highest BCUT2D eigenvalue weighted by Gasteiger charge is 2.23. The van der Waals surface area contributed by atoms with Crippen molar-refractivity contribution in [2.24, 2.45) is 11.8 Å². The first kappa shape index (κ1) is 15.1. The zero-order chi connectivity index (χ0) is 13.9. The Labute approximate surface area is 109 Å². The number of halogens is 1. The molecule has 0 saturated carbocycles. The van der Waals surface area contributed by atoms with Crippen LogP contribution in [-0.4, -0.2) is 26.3 Å². The van der Waals surface area contributed by atoms with Gasteiger partial charge < -0.3 is 0 Å². The second-order valence-corrected chi connectivity index (χ2v) is 7.01. The maximum Gasteiger partial charge on any atom is 0.242 e. The molecule has 5 heteroatoms. The highest BCUT2D eigenvalue weighted by Crippen LogP contribution is 2.18. The minimum absolute atomic E-state index is 0.127. The predicted molar refractivity (Wildman–Crippen MR) is 70.2 cm³/mol. The van der Waals surface area contributed by atoms with Crippen LogP contribution in [0.25, 0.3) is 0 Å². The molecule has 0 radical (unpaired) electrons. The highest BCUT2D eigenvalue weighted by molar-refractivity contribution is 7.89. The summed E-state index contributed by atoms with van der Waals surface area (Å²) in [5.74, 6) is 0.244. The van der Waals surface area contributed by atoms with Gasteiger partial charge in [0.15, 0.2) is 0 Å². The Balaban J connectivity index is 2.89. The molecule has 1 rings (SSSR count). The average Bonchev–Trinajstić information content (AvgIpc) is 2.29. The van der Waals surface area contributed by atoms with E-state index in [1.165, 1.54) is 16.4 Å². The summed E-state index contributed by atoms with van der Waals surface area (Å²) in [5.41, 5.74) is 0. The van der Waals surface area contributed by atoms with Crippen molar-refractivity contribution in [3.05, 3.63) is 30.1 Å². The first-order valence-electron chi connectivity index (χ1n) is 5.97. The fraction of sp³-hybridized carbons (Fsp3) is 0.538. The summed E-state index contributed by atoms with van der Waals surface area (Å²) >= 11 is 0. The predicted octanol–water partition coefficient (Wildman–Crippen LogP) is 2.74. The summed E-state index contributed by atoms with van der Waals surface area (Å²) in [6.07, 6.45) is 0. The van der Waals surface area contributed by atoms with Gasteiger partial charge in [0.25, 0.3) is 0 Å². The first-order valence-corrected chi connectivity index (χ1v) is 7.41. The molecule has 0 aliphatic heterocycles. The van der Waals surface area contributed by atoms with Crippen molar-refractivity contribution in [3.63, 3.8) is 0 Å². The van der Waals surface area contributed by atoms with Crippen LogP contribution in [-0.2, 0) is 10.0 Å². The van der Waals surface area contributed by atoms with E-state index in [1.807, 2.05) is 6.92 Å². The van der Waals surface area contributed by atoms with Gasteiger partial charge in [0.05, 0.1) is 4.90 Å². The minimum Gasteiger partial charge on any atom is -0.207 e. The SMILES string of the molecule is CC(C)C(C)CN(C)S(=O)(=O)c1ccc(F)cc1. The molecule has 0 spiro atoms. The van der Waals surface area contributed by atoms with Gasteiger partial charge in [-0.25, -0.2) is 17.1 Å². The van der Waals surface area contributed by atoms with Gasteiger partial charge in [0.1, 0.15) is 5.82 Å². The molecule has 18 heavy (non-hydrogen) atoms. The number of rotatable bonds is 5. The fourth-order valence-electron chi connectivity index (χ4n) is 1.50. The van der Waals surface area contributed by atoms with Crippen molar-refractivity contribution in [3.8, 4) is 0 Å². The van der Waals surface area contributed by atoms with Crippen LogP contribution in [0.3, 0.4) is 0 Å². The zero-order valence-corrected chi connectivity index (χ0v) is 12.0. The molecule has 0 aliphatic rings. The maximum atomic E-state index is 12.8. The van der Waals surface area contributed by atoms with E-state index in [0.717, 1.165) is 12.1 Å². The molecule has 102 valence electrons. The molecule has 0 aliphatic carbocycles. The Morgan fingerprint density at radius 2 is 1.67 bits per heavy atom. The average molecular weight is 273 g/mol. The third-order valence-corrected chi connectivity index (χ3v) is 5.04. The zero-order valence-electron chi connectivity index (χ0n) is 11.2. The molecule has 3 nitrogen and oxygen atoms in total. The number of nitrogens with zero attached hydrogens (tertiary/aromatic N) is 1. The van der Waals surface area contributed by atoms with Crippen molar-refractivity contribution in [2.75, 3.05) is 13.6 Å². The van der Waals surface area contributed by atoms with Gasteiger partial charge in [0.2, 0.25) is 10.0 Å². The van der Waals surface area contributed by atoms with Crippen molar-refractivity contribution >= 4 is 10.0 Å². The molecule has 0 bridgehead atoms. The summed E-state index contributed by atoms with van der Waals surface area (Å²) in [5, 5.41) is 0. The standard InChI is InChI=1S/C13H20FNO2S/c1-10(2)11(3)9-15(4)18(16,17)13-7-5-12(14)6-8-13/h5-8,10-11H,9H2,1-4H3. The van der Waals surface area contributed by atoms with Crippen molar-refractivity contribution in [1.29, 1.82) is 0 Å². The van der Waals surface area contributed by atoms with Gasteiger partial charge in [-0.05, 0) is 36.1 Å². The Morgan fingerprint density at radius 3 is 2.11 bits per heavy atom. The fourth-order valence-corrected chi connectivity index (χ4v) is 2.77. The third-order valence-electron chi connectivity index (χ3n) is 3.20. The lowest BCUT2D eigenvalue weighted by atomic mass is 9.98. The third kappa shape index (κ3) is 3.53. The number of hydrogen-bond acceptors (Lipinski definition) is 2. The quantitative estimate of drug-likeness (QED) is 0.827. The second-order valence-electron chi connectivity index (χ2n) is 4.96. The van der Waals surface area contributed by atoms with E-state index in [2.05, 4.69) is 13.8 Å². The topological polar surface area (TPSA) is 37.4 Å². The smallest absolute Gasteiger partial charge is 0.207 e. The summed E-state index contributed by atoms with van der Waals surface area (Å²) in [6.45, 7) is 6.59. The van der Waals surface area contributed by atoms with E-state index in [9.17, 15) is 12.8 Å². The summed E-state index contributed by atoms with van der Waals surface area (Å²) in [6, 6.07) is 4.90. The molecular formula is C13H20FNO2S. The van der Waals surface area contributed by atoms with Crippen molar-refractivity contribution in [2.45, 2.75) is 25.7 Å². The van der Waals surface area contributed by atoms with Gasteiger partial charge in [-0.3, -0.25) is 0 Å². The molecule has 0 N–H and O–H groups in total. The molecule has 1 atom stereocenters. The Kier molecular flexibility index (Phi) is 4.87. The van der Waals surface area contributed by atoms with E-state index in [1.54, 1.807) is 7.05 Å². The molecule has 0 amide bonds. The van der Waals surface area contributed by atoms with Crippen LogP contribution in [0.2, 0.25) is 0 Å². The first-order chi connectivity index (χ1) is 8.25. The summed E-state index contributed by atoms with van der Waals surface area (Å²) in [4.78, 5) is 0.127. The Bertz CT molecular complexity index is 482. The van der Waals surface area contributed by atoms with Crippen LogP contribution >= 0.6 is 0 Å². The summed E-state index contributed by atoms with van der Waals surface area (Å²) in [7, 11) is -1.96. The van der Waals surface area contributed by atoms with Crippen LogP contribution in [0.5, 0.6) is 0 Å². The van der Waals surface area contributed by atoms with Gasteiger partial charge in [-0.15, -0.1) is 0 Å². The van der Waals surface area contributed by atoms with Crippen LogP contribution in [0.15, 0.2) is 29.2 Å². The van der Waals surface area contributed by atoms with Crippen LogP contribution in [0, 0.1) is 17.7 Å². The van der Waals surface area contributed by atoms with Crippen LogP contribution in [0.1, 0.15) is 20.8 Å². The van der Waals surface area contributed by atoms with E-state index in [-0.39, 0.29) is 10.8 Å². The molecule has 1 aromatic carbocycles. The number of sulfonamides is 1. The molecule has 0 fully saturated rings. The van der Waals surface area contributed by atoms with Gasteiger partial charge in [-0.2, -0.15) is 0 Å². The minimum atomic E-state index is -3.52. The summed E-state index contributed by atoms with van der Waals surface area (Å²) < 4.78 is 38.5. The van der Waals surface area contributed by atoms with E-state index in [0.29, 0.717) is 12.5 Å². The van der Waals surface area contributed by atoms with E-state index < -0.39 is 15.8 Å². The van der Waals surface area contributed by atoms with Crippen molar-refractivity contribution in [1.82, 2.24) is 4.31 Å². The molecule has 0 aromatic heterocycles. The van der Waals surface area contributed by atoms with E-state index in [4.69, 9.17) is 0 Å².